The molecular formula is C20H15FN2O5. The first-order valence-corrected chi connectivity index (χ1v) is 8.24. The number of rotatable bonds is 6. The van der Waals surface area contributed by atoms with Gasteiger partial charge < -0.3 is 10.1 Å². The Bertz CT molecular complexity index is 1000. The summed E-state index contributed by atoms with van der Waals surface area (Å²) >= 11 is 0. The van der Waals surface area contributed by atoms with Gasteiger partial charge in [0.25, 0.3) is 17.7 Å². The molecule has 0 atom stereocenters. The summed E-state index contributed by atoms with van der Waals surface area (Å²) in [5, 5.41) is 2.39. The number of nitrogens with one attached hydrogen (secondary N) is 1. The lowest BCUT2D eigenvalue weighted by atomic mass is 10.1. The second kappa shape index (κ2) is 7.83. The summed E-state index contributed by atoms with van der Waals surface area (Å²) in [4.78, 5) is 49.4. The number of halogens is 1. The van der Waals surface area contributed by atoms with Crippen molar-refractivity contribution >= 4 is 29.4 Å². The summed E-state index contributed by atoms with van der Waals surface area (Å²) < 4.78 is 18.0. The van der Waals surface area contributed by atoms with Crippen LogP contribution in [0.15, 0.2) is 55.1 Å². The van der Waals surface area contributed by atoms with Gasteiger partial charge in [-0.05, 0) is 36.4 Å². The molecule has 3 rings (SSSR count). The van der Waals surface area contributed by atoms with Gasteiger partial charge in [-0.3, -0.25) is 19.3 Å². The number of imide groups is 1. The summed E-state index contributed by atoms with van der Waals surface area (Å²) in [6.07, 6.45) is 1.42. The van der Waals surface area contributed by atoms with Crippen molar-refractivity contribution in [3.05, 3.63) is 77.6 Å². The molecule has 0 spiro atoms. The average Bonchev–Trinajstić information content (AvgIpc) is 2.91. The lowest BCUT2D eigenvalue weighted by Gasteiger charge is -2.09. The standard InChI is InChI=1S/C20H15FN2O5/c1-2-8-23-18(25)15-7-6-12(9-16(15)19(23)26)20(27)28-11-17(24)22-14-5-3-4-13(21)10-14/h2-7,9-10H,1,8,11H2,(H,22,24). The molecule has 0 saturated carbocycles. The fourth-order valence-corrected chi connectivity index (χ4v) is 2.69. The Balaban J connectivity index is 1.64. The fraction of sp³-hybridized carbons (Fsp3) is 0.100. The van der Waals surface area contributed by atoms with Crippen LogP contribution in [0.25, 0.3) is 0 Å². The van der Waals surface area contributed by atoms with E-state index in [1.54, 1.807) is 0 Å². The molecule has 28 heavy (non-hydrogen) atoms. The minimum atomic E-state index is -0.834. The van der Waals surface area contributed by atoms with Crippen molar-refractivity contribution in [2.24, 2.45) is 0 Å². The Morgan fingerprint density at radius 3 is 2.57 bits per heavy atom. The monoisotopic (exact) mass is 382 g/mol. The minimum Gasteiger partial charge on any atom is -0.452 e. The maximum atomic E-state index is 13.1. The van der Waals surface area contributed by atoms with E-state index in [0.29, 0.717) is 0 Å². The molecule has 1 N–H and O–H groups in total. The topological polar surface area (TPSA) is 92.8 Å². The number of esters is 1. The lowest BCUT2D eigenvalue weighted by molar-refractivity contribution is -0.119. The molecule has 3 amide bonds. The molecule has 8 heteroatoms. The number of hydrogen-bond acceptors (Lipinski definition) is 5. The molecule has 0 saturated heterocycles. The highest BCUT2D eigenvalue weighted by atomic mass is 19.1. The molecule has 0 aliphatic carbocycles. The molecule has 2 aromatic carbocycles. The predicted octanol–water partition coefficient (Wildman–Crippen LogP) is 2.40. The Morgan fingerprint density at radius 1 is 1.11 bits per heavy atom. The zero-order chi connectivity index (χ0) is 20.3. The van der Waals surface area contributed by atoms with Crippen molar-refractivity contribution in [3.63, 3.8) is 0 Å². The summed E-state index contributed by atoms with van der Waals surface area (Å²) in [6.45, 7) is 2.96. The molecule has 0 unspecified atom stereocenters. The third-order valence-electron chi connectivity index (χ3n) is 3.96. The number of anilines is 1. The molecule has 0 fully saturated rings. The largest absolute Gasteiger partial charge is 0.452 e. The van der Waals surface area contributed by atoms with E-state index in [9.17, 15) is 23.6 Å². The Labute approximate surface area is 159 Å². The molecule has 1 aliphatic heterocycles. The van der Waals surface area contributed by atoms with Gasteiger partial charge in [0.1, 0.15) is 5.82 Å². The summed E-state index contributed by atoms with van der Waals surface area (Å²) in [5.74, 6) is -2.99. The fourth-order valence-electron chi connectivity index (χ4n) is 2.69. The average molecular weight is 382 g/mol. The van der Waals surface area contributed by atoms with Crippen LogP contribution in [0.1, 0.15) is 31.1 Å². The lowest BCUT2D eigenvalue weighted by Crippen LogP contribution is -2.29. The Morgan fingerprint density at radius 2 is 1.86 bits per heavy atom. The van der Waals surface area contributed by atoms with E-state index in [-0.39, 0.29) is 28.9 Å². The maximum absolute atomic E-state index is 13.1. The zero-order valence-electron chi connectivity index (χ0n) is 14.6. The summed E-state index contributed by atoms with van der Waals surface area (Å²) in [6, 6.07) is 9.22. The molecular weight excluding hydrogens is 367 g/mol. The first-order chi connectivity index (χ1) is 13.4. The zero-order valence-corrected chi connectivity index (χ0v) is 14.6. The first-order valence-electron chi connectivity index (χ1n) is 8.24. The first kappa shape index (κ1) is 19.0. The number of fused-ring (bicyclic) bond motifs is 1. The number of ether oxygens (including phenoxy) is 1. The van der Waals surface area contributed by atoms with Crippen LogP contribution < -0.4 is 5.32 Å². The Kier molecular flexibility index (Phi) is 5.30. The maximum Gasteiger partial charge on any atom is 0.338 e. The molecule has 0 radical (unpaired) electrons. The van der Waals surface area contributed by atoms with E-state index >= 15 is 0 Å². The van der Waals surface area contributed by atoms with Crippen molar-refractivity contribution in [1.29, 1.82) is 0 Å². The van der Waals surface area contributed by atoms with Gasteiger partial charge in [-0.1, -0.05) is 12.1 Å². The second-order valence-corrected chi connectivity index (χ2v) is 5.90. The van der Waals surface area contributed by atoms with Crippen LogP contribution in [-0.4, -0.2) is 41.7 Å². The van der Waals surface area contributed by atoms with E-state index < -0.39 is 36.1 Å². The van der Waals surface area contributed by atoms with Crippen molar-refractivity contribution in [1.82, 2.24) is 4.90 Å². The Hall–Kier alpha value is -3.81. The predicted molar refractivity (Wildman–Crippen MR) is 97.3 cm³/mol. The second-order valence-electron chi connectivity index (χ2n) is 5.90. The molecule has 0 bridgehead atoms. The SMILES string of the molecule is C=CCN1C(=O)c2ccc(C(=O)OCC(=O)Nc3cccc(F)c3)cc2C1=O. The van der Waals surface area contributed by atoms with Crippen LogP contribution in [0, 0.1) is 5.82 Å². The normalized spacial score (nSPS) is 12.5. The number of amides is 3. The van der Waals surface area contributed by atoms with Gasteiger partial charge in [0, 0.05) is 12.2 Å². The van der Waals surface area contributed by atoms with Gasteiger partial charge in [0.2, 0.25) is 0 Å². The van der Waals surface area contributed by atoms with Gasteiger partial charge in [0.15, 0.2) is 6.61 Å². The third-order valence-corrected chi connectivity index (χ3v) is 3.96. The van der Waals surface area contributed by atoms with Crippen LogP contribution >= 0.6 is 0 Å². The molecule has 0 aromatic heterocycles. The molecule has 142 valence electrons. The number of nitrogens with zero attached hydrogens (tertiary/aromatic N) is 1. The number of carbonyl (C=O) groups is 4. The van der Waals surface area contributed by atoms with Crippen molar-refractivity contribution in [2.45, 2.75) is 0 Å². The van der Waals surface area contributed by atoms with E-state index in [0.717, 1.165) is 11.0 Å². The molecule has 1 aliphatic rings. The number of hydrogen-bond donors (Lipinski definition) is 1. The summed E-state index contributed by atoms with van der Waals surface area (Å²) in [5.41, 5.74) is 0.529. The van der Waals surface area contributed by atoms with Crippen LogP contribution in [-0.2, 0) is 9.53 Å². The molecule has 2 aromatic rings. The van der Waals surface area contributed by atoms with Gasteiger partial charge in [0.05, 0.1) is 16.7 Å². The van der Waals surface area contributed by atoms with Crippen LogP contribution in [0.5, 0.6) is 0 Å². The highest BCUT2D eigenvalue weighted by Crippen LogP contribution is 2.24. The molecule has 1 heterocycles. The number of benzene rings is 2. The van der Waals surface area contributed by atoms with Gasteiger partial charge >= 0.3 is 5.97 Å². The van der Waals surface area contributed by atoms with E-state index in [1.165, 1.54) is 42.5 Å². The van der Waals surface area contributed by atoms with Gasteiger partial charge in [-0.2, -0.15) is 0 Å². The molecule has 7 nitrogen and oxygen atoms in total. The van der Waals surface area contributed by atoms with E-state index in [4.69, 9.17) is 4.74 Å². The van der Waals surface area contributed by atoms with Crippen LogP contribution in [0.2, 0.25) is 0 Å². The highest BCUT2D eigenvalue weighted by molar-refractivity contribution is 6.22. The van der Waals surface area contributed by atoms with Gasteiger partial charge in [-0.15, -0.1) is 6.58 Å². The smallest absolute Gasteiger partial charge is 0.338 e. The minimum absolute atomic E-state index is 0.0268. The van der Waals surface area contributed by atoms with Crippen LogP contribution in [0.3, 0.4) is 0 Å². The third kappa shape index (κ3) is 3.80. The van der Waals surface area contributed by atoms with Crippen molar-refractivity contribution < 1.29 is 28.3 Å². The van der Waals surface area contributed by atoms with E-state index in [2.05, 4.69) is 11.9 Å². The van der Waals surface area contributed by atoms with Crippen molar-refractivity contribution in [2.75, 3.05) is 18.5 Å². The quantitative estimate of drug-likeness (QED) is 0.471. The van der Waals surface area contributed by atoms with Gasteiger partial charge in [-0.25, -0.2) is 9.18 Å². The van der Waals surface area contributed by atoms with Crippen molar-refractivity contribution in [3.8, 4) is 0 Å². The van der Waals surface area contributed by atoms with E-state index in [1.807, 2.05) is 0 Å². The highest BCUT2D eigenvalue weighted by Gasteiger charge is 2.35. The summed E-state index contributed by atoms with van der Waals surface area (Å²) in [7, 11) is 0. The van der Waals surface area contributed by atoms with Crippen LogP contribution in [0.4, 0.5) is 10.1 Å². The number of carbonyl (C=O) groups excluding carboxylic acids is 4.